The molecule has 4 aromatic rings. The molecule has 158 valence electrons. The number of fused-ring (bicyclic) bond motifs is 2. The van der Waals surface area contributed by atoms with Gasteiger partial charge in [-0.25, -0.2) is 4.98 Å². The van der Waals surface area contributed by atoms with Crippen LogP contribution in [-0.4, -0.2) is 33.6 Å². The van der Waals surface area contributed by atoms with Gasteiger partial charge in [0.2, 0.25) is 5.91 Å². The summed E-state index contributed by atoms with van der Waals surface area (Å²) in [7, 11) is 0. The molecule has 0 spiro atoms. The van der Waals surface area contributed by atoms with Crippen LogP contribution in [0.1, 0.15) is 31.8 Å². The lowest BCUT2D eigenvalue weighted by atomic mass is 10.0. The Balaban J connectivity index is 1.49. The molecule has 7 heteroatoms. The lowest BCUT2D eigenvalue weighted by Gasteiger charge is -2.25. The molecule has 5 rings (SSSR count). The predicted molar refractivity (Wildman–Crippen MR) is 124 cm³/mol. The lowest BCUT2D eigenvalue weighted by molar-refractivity contribution is -0.119. The van der Waals surface area contributed by atoms with Gasteiger partial charge in [-0.2, -0.15) is 0 Å². The smallest absolute Gasteiger partial charge is 0.262 e. The first-order chi connectivity index (χ1) is 15.5. The second-order valence-corrected chi connectivity index (χ2v) is 8.74. The summed E-state index contributed by atoms with van der Waals surface area (Å²) in [6.07, 6.45) is 0.210. The summed E-state index contributed by atoms with van der Waals surface area (Å²) in [5, 5.41) is 3.27. The Morgan fingerprint density at radius 3 is 2.31 bits per heavy atom. The molecule has 1 aliphatic heterocycles. The van der Waals surface area contributed by atoms with E-state index in [0.29, 0.717) is 16.3 Å². The van der Waals surface area contributed by atoms with Crippen molar-refractivity contribution < 1.29 is 14.4 Å². The molecule has 0 bridgehead atoms. The number of thiazole rings is 1. The van der Waals surface area contributed by atoms with Crippen LogP contribution in [0.25, 0.3) is 10.2 Å². The van der Waals surface area contributed by atoms with Crippen molar-refractivity contribution >= 4 is 44.4 Å². The number of carbonyl (C=O) groups excluding carboxylic acids is 3. The average molecular weight is 442 g/mol. The average Bonchev–Trinajstić information content (AvgIpc) is 3.30. The number of aryl methyl sites for hydroxylation is 1. The standard InChI is InChI=1S/C25H19N3O3S/c1-15-11-12-19-21(13-15)32-25(26-19)27-22(29)20(14-16-7-3-2-4-8-16)28-23(30)17-9-5-6-10-18(17)24(28)31/h2-13,20H,14H2,1H3,(H,26,27,29). The molecule has 3 amide bonds. The van der Waals surface area contributed by atoms with E-state index < -0.39 is 23.8 Å². The number of carbonyl (C=O) groups is 3. The predicted octanol–water partition coefficient (Wildman–Crippen LogP) is 4.45. The maximum atomic E-state index is 13.4. The van der Waals surface area contributed by atoms with Crippen molar-refractivity contribution in [3.63, 3.8) is 0 Å². The number of nitrogens with zero attached hydrogens (tertiary/aromatic N) is 2. The molecule has 1 unspecified atom stereocenters. The highest BCUT2D eigenvalue weighted by atomic mass is 32.1. The van der Waals surface area contributed by atoms with E-state index in [1.807, 2.05) is 55.5 Å². The normalized spacial score (nSPS) is 14.0. The van der Waals surface area contributed by atoms with E-state index in [1.165, 1.54) is 11.3 Å². The number of hydrogen-bond acceptors (Lipinski definition) is 5. The monoisotopic (exact) mass is 441 g/mol. The maximum Gasteiger partial charge on any atom is 0.262 e. The van der Waals surface area contributed by atoms with Gasteiger partial charge in [-0.05, 0) is 42.3 Å². The Kier molecular flexibility index (Phi) is 5.03. The van der Waals surface area contributed by atoms with E-state index in [4.69, 9.17) is 0 Å². The summed E-state index contributed by atoms with van der Waals surface area (Å²) in [4.78, 5) is 45.1. The molecular weight excluding hydrogens is 422 g/mol. The quantitative estimate of drug-likeness (QED) is 0.464. The molecule has 6 nitrogen and oxygen atoms in total. The second kappa shape index (κ2) is 8.01. The Morgan fingerprint density at radius 1 is 0.969 bits per heavy atom. The van der Waals surface area contributed by atoms with E-state index in [2.05, 4.69) is 10.3 Å². The summed E-state index contributed by atoms with van der Waals surface area (Å²) in [6.45, 7) is 2.00. The molecule has 3 aromatic carbocycles. The fourth-order valence-electron chi connectivity index (χ4n) is 3.90. The van der Waals surface area contributed by atoms with Gasteiger partial charge in [0.25, 0.3) is 11.8 Å². The first-order valence-electron chi connectivity index (χ1n) is 10.2. The van der Waals surface area contributed by atoms with Crippen LogP contribution in [0.4, 0.5) is 5.13 Å². The highest BCUT2D eigenvalue weighted by molar-refractivity contribution is 7.22. The number of benzene rings is 3. The molecule has 0 saturated heterocycles. The van der Waals surface area contributed by atoms with Crippen molar-refractivity contribution in [1.82, 2.24) is 9.88 Å². The summed E-state index contributed by atoms with van der Waals surface area (Å²) < 4.78 is 0.959. The molecule has 0 saturated carbocycles. The van der Waals surface area contributed by atoms with E-state index in [0.717, 1.165) is 26.2 Å². The van der Waals surface area contributed by atoms with E-state index >= 15 is 0 Å². The van der Waals surface area contributed by atoms with Gasteiger partial charge in [0.05, 0.1) is 21.3 Å². The minimum absolute atomic E-state index is 0.210. The third-order valence-corrected chi connectivity index (χ3v) is 6.42. The molecular formula is C25H19N3O3S. The number of hydrogen-bond donors (Lipinski definition) is 1. The van der Waals surface area contributed by atoms with Gasteiger partial charge in [0.15, 0.2) is 5.13 Å². The van der Waals surface area contributed by atoms with Gasteiger partial charge in [-0.3, -0.25) is 19.3 Å². The number of anilines is 1. The Hall–Kier alpha value is -3.84. The Morgan fingerprint density at radius 2 is 1.62 bits per heavy atom. The van der Waals surface area contributed by atoms with Crippen molar-refractivity contribution in [2.24, 2.45) is 0 Å². The number of amides is 3. The topological polar surface area (TPSA) is 79.4 Å². The highest BCUT2D eigenvalue weighted by Gasteiger charge is 2.42. The van der Waals surface area contributed by atoms with Crippen LogP contribution in [-0.2, 0) is 11.2 Å². The van der Waals surface area contributed by atoms with Crippen molar-refractivity contribution in [1.29, 1.82) is 0 Å². The van der Waals surface area contributed by atoms with Crippen LogP contribution >= 0.6 is 11.3 Å². The third-order valence-electron chi connectivity index (χ3n) is 5.49. The van der Waals surface area contributed by atoms with Crippen molar-refractivity contribution in [2.75, 3.05) is 5.32 Å². The van der Waals surface area contributed by atoms with Crippen molar-refractivity contribution in [3.8, 4) is 0 Å². The number of aromatic nitrogens is 1. The Labute approximate surface area is 188 Å². The molecule has 1 N–H and O–H groups in total. The van der Waals surface area contributed by atoms with Crippen LogP contribution in [0.2, 0.25) is 0 Å². The van der Waals surface area contributed by atoms with Crippen LogP contribution in [0.3, 0.4) is 0 Å². The lowest BCUT2D eigenvalue weighted by Crippen LogP contribution is -2.48. The number of imide groups is 1. The van der Waals surface area contributed by atoms with Crippen LogP contribution in [0, 0.1) is 6.92 Å². The summed E-state index contributed by atoms with van der Waals surface area (Å²) in [5.41, 5.74) is 3.38. The molecule has 32 heavy (non-hydrogen) atoms. The first kappa shape index (κ1) is 20.1. The van der Waals surface area contributed by atoms with Crippen LogP contribution in [0.5, 0.6) is 0 Å². The summed E-state index contributed by atoms with van der Waals surface area (Å²) in [6, 6.07) is 20.9. The minimum Gasteiger partial charge on any atom is -0.300 e. The molecule has 0 fully saturated rings. The maximum absolute atomic E-state index is 13.4. The number of rotatable bonds is 5. The molecule has 1 aromatic heterocycles. The second-order valence-electron chi connectivity index (χ2n) is 7.71. The highest BCUT2D eigenvalue weighted by Crippen LogP contribution is 2.29. The van der Waals surface area contributed by atoms with Gasteiger partial charge in [0, 0.05) is 6.42 Å². The first-order valence-corrected chi connectivity index (χ1v) is 11.0. The van der Waals surface area contributed by atoms with Crippen LogP contribution < -0.4 is 5.32 Å². The summed E-state index contributed by atoms with van der Waals surface area (Å²) >= 11 is 1.36. The molecule has 0 radical (unpaired) electrons. The third kappa shape index (κ3) is 3.56. The van der Waals surface area contributed by atoms with E-state index in [1.54, 1.807) is 24.3 Å². The van der Waals surface area contributed by atoms with Gasteiger partial charge < -0.3 is 5.32 Å². The zero-order valence-electron chi connectivity index (χ0n) is 17.2. The largest absolute Gasteiger partial charge is 0.300 e. The number of nitrogens with one attached hydrogen (secondary N) is 1. The van der Waals surface area contributed by atoms with Gasteiger partial charge >= 0.3 is 0 Å². The van der Waals surface area contributed by atoms with E-state index in [9.17, 15) is 14.4 Å². The van der Waals surface area contributed by atoms with Gasteiger partial charge in [0.1, 0.15) is 6.04 Å². The zero-order valence-corrected chi connectivity index (χ0v) is 18.1. The van der Waals surface area contributed by atoms with Gasteiger partial charge in [-0.15, -0.1) is 0 Å². The fraction of sp³-hybridized carbons (Fsp3) is 0.120. The molecule has 1 aliphatic rings. The zero-order chi connectivity index (χ0) is 22.2. The van der Waals surface area contributed by atoms with Crippen molar-refractivity contribution in [3.05, 3.63) is 95.1 Å². The molecule has 2 heterocycles. The fourth-order valence-corrected chi connectivity index (χ4v) is 4.87. The minimum atomic E-state index is -1.00. The van der Waals surface area contributed by atoms with E-state index in [-0.39, 0.29) is 6.42 Å². The van der Waals surface area contributed by atoms with Gasteiger partial charge in [-0.1, -0.05) is 59.9 Å². The van der Waals surface area contributed by atoms with Crippen molar-refractivity contribution in [2.45, 2.75) is 19.4 Å². The van der Waals surface area contributed by atoms with Crippen LogP contribution in [0.15, 0.2) is 72.8 Å². The molecule has 1 atom stereocenters. The Bertz CT molecular complexity index is 1330. The summed E-state index contributed by atoms with van der Waals surface area (Å²) in [5.74, 6) is -1.36. The SMILES string of the molecule is Cc1ccc2nc(NC(=O)C(Cc3ccccc3)N3C(=O)c4ccccc4C3=O)sc2c1. The molecule has 0 aliphatic carbocycles.